The van der Waals surface area contributed by atoms with Crippen molar-refractivity contribution < 1.29 is 18.0 Å². The van der Waals surface area contributed by atoms with Crippen LogP contribution in [0.2, 0.25) is 0 Å². The molecule has 2 aromatic rings. The smallest absolute Gasteiger partial charge is 0.238 e. The third kappa shape index (κ3) is 6.50. The van der Waals surface area contributed by atoms with Crippen LogP contribution in [-0.4, -0.2) is 26.8 Å². The van der Waals surface area contributed by atoms with Gasteiger partial charge in [-0.15, -0.1) is 0 Å². The minimum atomic E-state index is -3.71. The quantitative estimate of drug-likeness (QED) is 0.624. The fraction of sp³-hybridized carbons (Fsp3) is 0.263. The zero-order valence-corrected chi connectivity index (χ0v) is 16.1. The summed E-state index contributed by atoms with van der Waals surface area (Å²) in [6, 6.07) is 11.7. The van der Waals surface area contributed by atoms with Crippen LogP contribution in [0.3, 0.4) is 0 Å². The van der Waals surface area contributed by atoms with Gasteiger partial charge in [-0.1, -0.05) is 18.2 Å². The van der Waals surface area contributed by atoms with E-state index in [0.717, 1.165) is 16.7 Å². The minimum absolute atomic E-state index is 0.0401. The highest BCUT2D eigenvalue weighted by Crippen LogP contribution is 2.14. The number of carbonyl (C=O) groups is 2. The molecule has 144 valence electrons. The van der Waals surface area contributed by atoms with Crippen molar-refractivity contribution in [1.29, 1.82) is 0 Å². The third-order valence-electron chi connectivity index (χ3n) is 4.10. The first-order valence-corrected chi connectivity index (χ1v) is 9.95. The number of sulfonamides is 1. The Hall–Kier alpha value is -2.71. The monoisotopic (exact) mass is 389 g/mol. The highest BCUT2D eigenvalue weighted by Gasteiger charge is 2.10. The van der Waals surface area contributed by atoms with Crippen LogP contribution in [0.4, 0.5) is 5.69 Å². The number of benzene rings is 2. The topological polar surface area (TPSA) is 118 Å². The van der Waals surface area contributed by atoms with Crippen molar-refractivity contribution in [2.75, 3.05) is 11.9 Å². The molecule has 0 aliphatic heterocycles. The average Bonchev–Trinajstić information content (AvgIpc) is 2.57. The highest BCUT2D eigenvalue weighted by atomic mass is 32.2. The molecule has 0 fully saturated rings. The third-order valence-corrected chi connectivity index (χ3v) is 5.03. The summed E-state index contributed by atoms with van der Waals surface area (Å²) in [5.74, 6) is -0.759. The maximum atomic E-state index is 11.9. The Morgan fingerprint density at radius 1 is 0.963 bits per heavy atom. The highest BCUT2D eigenvalue weighted by molar-refractivity contribution is 7.89. The van der Waals surface area contributed by atoms with Crippen molar-refractivity contribution >= 4 is 27.5 Å². The molecular formula is C19H23N3O4S. The molecule has 0 aliphatic carbocycles. The molecule has 0 aliphatic rings. The van der Waals surface area contributed by atoms with Gasteiger partial charge in [-0.3, -0.25) is 9.59 Å². The molecule has 0 spiro atoms. The number of primary sulfonamides is 1. The van der Waals surface area contributed by atoms with Crippen molar-refractivity contribution in [3.05, 3.63) is 59.2 Å². The molecule has 0 unspecified atom stereocenters. The number of aryl methyl sites for hydroxylation is 2. The van der Waals surface area contributed by atoms with Crippen molar-refractivity contribution in [2.45, 2.75) is 31.6 Å². The maximum Gasteiger partial charge on any atom is 0.238 e. The van der Waals surface area contributed by atoms with Gasteiger partial charge in [0.05, 0.1) is 4.90 Å². The van der Waals surface area contributed by atoms with Gasteiger partial charge in [0.2, 0.25) is 21.8 Å². The summed E-state index contributed by atoms with van der Waals surface area (Å²) in [7, 11) is -3.71. The van der Waals surface area contributed by atoms with Crippen LogP contribution in [0, 0.1) is 13.8 Å². The first-order chi connectivity index (χ1) is 12.6. The lowest BCUT2D eigenvalue weighted by Gasteiger charge is -2.08. The summed E-state index contributed by atoms with van der Waals surface area (Å²) in [5.41, 5.74) is 3.70. The number of nitrogens with two attached hydrogens (primary N) is 1. The summed E-state index contributed by atoms with van der Waals surface area (Å²) in [4.78, 5) is 23.9. The Bertz CT molecular complexity index is 938. The van der Waals surface area contributed by atoms with Crippen LogP contribution in [0.25, 0.3) is 0 Å². The van der Waals surface area contributed by atoms with Crippen LogP contribution in [-0.2, 0) is 26.0 Å². The molecule has 2 aromatic carbocycles. The van der Waals surface area contributed by atoms with E-state index < -0.39 is 10.0 Å². The number of amides is 2. The van der Waals surface area contributed by atoms with Crippen LogP contribution in [0.5, 0.6) is 0 Å². The summed E-state index contributed by atoms with van der Waals surface area (Å²) in [6.07, 6.45) is 0.243. The molecule has 0 bridgehead atoms. The van der Waals surface area contributed by atoms with Gasteiger partial charge in [0.15, 0.2) is 0 Å². The second-order valence-electron chi connectivity index (χ2n) is 6.31. The zero-order chi connectivity index (χ0) is 20.0. The second-order valence-corrected chi connectivity index (χ2v) is 7.87. The molecule has 0 atom stereocenters. The van der Waals surface area contributed by atoms with E-state index in [1.54, 1.807) is 18.2 Å². The minimum Gasteiger partial charge on any atom is -0.355 e. The van der Waals surface area contributed by atoms with E-state index in [0.29, 0.717) is 18.7 Å². The molecular weight excluding hydrogens is 366 g/mol. The van der Waals surface area contributed by atoms with Crippen LogP contribution in [0.15, 0.2) is 47.4 Å². The van der Waals surface area contributed by atoms with E-state index in [4.69, 9.17) is 5.14 Å². The standard InChI is InChI=1S/C19H23N3O4S/c1-13-3-6-16(11-14(13)2)22-19(24)12-18(23)21-10-9-15-4-7-17(8-5-15)27(20,25)26/h3-8,11H,9-10,12H2,1-2H3,(H,21,23)(H,22,24)(H2,20,25,26). The van der Waals surface area contributed by atoms with E-state index >= 15 is 0 Å². The molecule has 0 heterocycles. The Labute approximate surface area is 159 Å². The molecule has 8 heteroatoms. The molecule has 0 saturated heterocycles. The normalized spacial score (nSPS) is 11.1. The number of carbonyl (C=O) groups excluding carboxylic acids is 2. The molecule has 7 nitrogen and oxygen atoms in total. The van der Waals surface area contributed by atoms with Gasteiger partial charge >= 0.3 is 0 Å². The first kappa shape index (κ1) is 20.6. The predicted octanol–water partition coefficient (Wildman–Crippen LogP) is 1.64. The lowest BCUT2D eigenvalue weighted by atomic mass is 10.1. The van der Waals surface area contributed by atoms with E-state index in [1.165, 1.54) is 12.1 Å². The summed E-state index contributed by atoms with van der Waals surface area (Å²) in [6.45, 7) is 4.27. The van der Waals surface area contributed by atoms with Crippen LogP contribution < -0.4 is 15.8 Å². The van der Waals surface area contributed by atoms with Gasteiger partial charge in [-0.05, 0) is 61.2 Å². The summed E-state index contributed by atoms with van der Waals surface area (Å²) >= 11 is 0. The summed E-state index contributed by atoms with van der Waals surface area (Å²) in [5, 5.41) is 10.4. The van der Waals surface area contributed by atoms with E-state index in [9.17, 15) is 18.0 Å². The second kappa shape index (κ2) is 8.79. The van der Waals surface area contributed by atoms with E-state index in [-0.39, 0.29) is 23.1 Å². The number of hydrogen-bond donors (Lipinski definition) is 3. The van der Waals surface area contributed by atoms with Crippen LogP contribution in [0.1, 0.15) is 23.1 Å². The van der Waals surface area contributed by atoms with Crippen molar-refractivity contribution in [3.8, 4) is 0 Å². The summed E-state index contributed by atoms with van der Waals surface area (Å²) < 4.78 is 22.4. The lowest BCUT2D eigenvalue weighted by Crippen LogP contribution is -2.29. The van der Waals surface area contributed by atoms with Crippen molar-refractivity contribution in [1.82, 2.24) is 5.32 Å². The van der Waals surface area contributed by atoms with Gasteiger partial charge < -0.3 is 10.6 Å². The molecule has 27 heavy (non-hydrogen) atoms. The van der Waals surface area contributed by atoms with Gasteiger partial charge in [0, 0.05) is 12.2 Å². The van der Waals surface area contributed by atoms with Crippen molar-refractivity contribution in [3.63, 3.8) is 0 Å². The Kier molecular flexibility index (Phi) is 6.70. The fourth-order valence-electron chi connectivity index (χ4n) is 2.42. The Morgan fingerprint density at radius 2 is 1.63 bits per heavy atom. The van der Waals surface area contributed by atoms with Gasteiger partial charge in [-0.2, -0.15) is 0 Å². The number of anilines is 1. The zero-order valence-electron chi connectivity index (χ0n) is 15.3. The van der Waals surface area contributed by atoms with E-state index in [1.807, 2.05) is 26.0 Å². The fourth-order valence-corrected chi connectivity index (χ4v) is 2.94. The molecule has 0 radical (unpaired) electrons. The van der Waals surface area contributed by atoms with Gasteiger partial charge in [0.1, 0.15) is 6.42 Å². The van der Waals surface area contributed by atoms with E-state index in [2.05, 4.69) is 10.6 Å². The largest absolute Gasteiger partial charge is 0.355 e. The molecule has 0 aromatic heterocycles. The Balaban J connectivity index is 1.77. The number of nitrogens with one attached hydrogen (secondary N) is 2. The lowest BCUT2D eigenvalue weighted by molar-refractivity contribution is -0.126. The molecule has 4 N–H and O–H groups in total. The number of hydrogen-bond acceptors (Lipinski definition) is 4. The molecule has 0 saturated carbocycles. The SMILES string of the molecule is Cc1ccc(NC(=O)CC(=O)NCCc2ccc(S(N)(=O)=O)cc2)cc1C. The van der Waals surface area contributed by atoms with Crippen molar-refractivity contribution in [2.24, 2.45) is 5.14 Å². The molecule has 2 amide bonds. The number of rotatable bonds is 7. The average molecular weight is 389 g/mol. The van der Waals surface area contributed by atoms with Crippen LogP contribution >= 0.6 is 0 Å². The first-order valence-electron chi connectivity index (χ1n) is 8.41. The van der Waals surface area contributed by atoms with Gasteiger partial charge in [0.25, 0.3) is 0 Å². The molecule has 2 rings (SSSR count). The maximum absolute atomic E-state index is 11.9. The predicted molar refractivity (Wildman–Crippen MR) is 104 cm³/mol. The van der Waals surface area contributed by atoms with Gasteiger partial charge in [-0.25, -0.2) is 13.6 Å². The Morgan fingerprint density at radius 3 is 2.22 bits per heavy atom.